The van der Waals surface area contributed by atoms with E-state index in [0.29, 0.717) is 24.6 Å². The summed E-state index contributed by atoms with van der Waals surface area (Å²) < 4.78 is 29.5. The lowest BCUT2D eigenvalue weighted by Gasteiger charge is -2.15. The van der Waals surface area contributed by atoms with E-state index >= 15 is 0 Å². The first-order valence-corrected chi connectivity index (χ1v) is 8.67. The largest absolute Gasteiger partial charge is 0.434 e. The van der Waals surface area contributed by atoms with Gasteiger partial charge in [-0.15, -0.1) is 0 Å². The number of aliphatic imine (C=N–C) groups is 1. The predicted octanol–water partition coefficient (Wildman–Crippen LogP) is 3.21. The molecule has 0 radical (unpaired) electrons. The molecule has 7 heteroatoms. The molecule has 0 atom stereocenters. The number of guanidine groups is 1. The standard InChI is InChI=1S/C20H26F2N4O/c1-23-20(24-12-15-8-10-16(11-9-15)14-26(2)3)25-13-17-6-4-5-7-18(17)27-19(21)22/h4-11,19H,12-14H2,1-3H3,(H2,23,24,25). The summed E-state index contributed by atoms with van der Waals surface area (Å²) in [4.78, 5) is 6.28. The van der Waals surface area contributed by atoms with E-state index in [1.165, 1.54) is 11.6 Å². The van der Waals surface area contributed by atoms with Crippen LogP contribution in [-0.4, -0.2) is 38.6 Å². The maximum absolute atomic E-state index is 12.5. The van der Waals surface area contributed by atoms with Crippen molar-refractivity contribution >= 4 is 5.96 Å². The number of hydrogen-bond acceptors (Lipinski definition) is 3. The van der Waals surface area contributed by atoms with E-state index in [9.17, 15) is 8.78 Å². The lowest BCUT2D eigenvalue weighted by Crippen LogP contribution is -2.36. The Labute approximate surface area is 159 Å². The second-order valence-corrected chi connectivity index (χ2v) is 6.32. The van der Waals surface area contributed by atoms with Crippen LogP contribution in [0.1, 0.15) is 16.7 Å². The molecule has 0 fully saturated rings. The molecule has 0 spiro atoms. The fourth-order valence-electron chi connectivity index (χ4n) is 2.57. The molecule has 2 aromatic carbocycles. The average Bonchev–Trinajstić information content (AvgIpc) is 2.63. The van der Waals surface area contributed by atoms with Crippen LogP contribution < -0.4 is 15.4 Å². The molecule has 0 unspecified atom stereocenters. The minimum Gasteiger partial charge on any atom is -0.434 e. The summed E-state index contributed by atoms with van der Waals surface area (Å²) in [7, 11) is 5.74. The van der Waals surface area contributed by atoms with Crippen LogP contribution in [0.5, 0.6) is 5.75 Å². The number of alkyl halides is 2. The van der Waals surface area contributed by atoms with Crippen LogP contribution in [-0.2, 0) is 19.6 Å². The van der Waals surface area contributed by atoms with E-state index in [1.54, 1.807) is 25.2 Å². The molecule has 2 aromatic rings. The number of halogens is 2. The number of benzene rings is 2. The van der Waals surface area contributed by atoms with Crippen molar-refractivity contribution in [3.8, 4) is 5.75 Å². The van der Waals surface area contributed by atoms with Crippen molar-refractivity contribution in [1.82, 2.24) is 15.5 Å². The quantitative estimate of drug-likeness (QED) is 0.549. The SMILES string of the molecule is CN=C(NCc1ccc(CN(C)C)cc1)NCc1ccccc1OC(F)F. The van der Waals surface area contributed by atoms with Crippen molar-refractivity contribution in [3.05, 3.63) is 65.2 Å². The lowest BCUT2D eigenvalue weighted by molar-refractivity contribution is -0.0504. The highest BCUT2D eigenvalue weighted by atomic mass is 19.3. The first kappa shape index (κ1) is 20.6. The zero-order valence-corrected chi connectivity index (χ0v) is 15.9. The Morgan fingerprint density at radius 3 is 2.26 bits per heavy atom. The smallest absolute Gasteiger partial charge is 0.387 e. The molecular formula is C20H26F2N4O. The Hall–Kier alpha value is -2.67. The van der Waals surface area contributed by atoms with Crippen LogP contribution in [0.15, 0.2) is 53.5 Å². The number of hydrogen-bond donors (Lipinski definition) is 2. The Morgan fingerprint density at radius 2 is 1.63 bits per heavy atom. The van der Waals surface area contributed by atoms with E-state index in [2.05, 4.69) is 49.5 Å². The first-order chi connectivity index (χ1) is 13.0. The number of nitrogens with one attached hydrogen (secondary N) is 2. The highest BCUT2D eigenvalue weighted by Crippen LogP contribution is 2.19. The van der Waals surface area contributed by atoms with Gasteiger partial charge in [-0.25, -0.2) is 0 Å². The van der Waals surface area contributed by atoms with E-state index in [-0.39, 0.29) is 5.75 Å². The molecule has 0 aliphatic rings. The van der Waals surface area contributed by atoms with Gasteiger partial charge in [0.1, 0.15) is 5.75 Å². The third-order valence-corrected chi connectivity index (χ3v) is 3.84. The number of para-hydroxylation sites is 1. The van der Waals surface area contributed by atoms with E-state index in [1.807, 2.05) is 14.1 Å². The molecule has 0 saturated heterocycles. The third-order valence-electron chi connectivity index (χ3n) is 3.84. The van der Waals surface area contributed by atoms with Crippen LogP contribution in [0.25, 0.3) is 0 Å². The van der Waals surface area contributed by atoms with E-state index in [4.69, 9.17) is 0 Å². The molecule has 27 heavy (non-hydrogen) atoms. The van der Waals surface area contributed by atoms with E-state index in [0.717, 1.165) is 12.1 Å². The van der Waals surface area contributed by atoms with Gasteiger partial charge in [-0.3, -0.25) is 4.99 Å². The highest BCUT2D eigenvalue weighted by molar-refractivity contribution is 5.79. The second kappa shape index (κ2) is 10.5. The molecule has 0 bridgehead atoms. The summed E-state index contributed by atoms with van der Waals surface area (Å²) in [5.74, 6) is 0.742. The molecule has 0 aliphatic carbocycles. The average molecular weight is 376 g/mol. The van der Waals surface area contributed by atoms with Gasteiger partial charge in [0.05, 0.1) is 0 Å². The van der Waals surface area contributed by atoms with Crippen molar-refractivity contribution in [1.29, 1.82) is 0 Å². The molecule has 0 saturated carbocycles. The molecule has 2 N–H and O–H groups in total. The molecule has 146 valence electrons. The number of rotatable bonds is 8. The minimum absolute atomic E-state index is 0.159. The predicted molar refractivity (Wildman–Crippen MR) is 104 cm³/mol. The van der Waals surface area contributed by atoms with Crippen LogP contribution in [0, 0.1) is 0 Å². The molecule has 0 heterocycles. The Bertz CT molecular complexity index is 733. The summed E-state index contributed by atoms with van der Waals surface area (Å²) in [5, 5.41) is 6.33. The van der Waals surface area contributed by atoms with Crippen molar-refractivity contribution < 1.29 is 13.5 Å². The number of ether oxygens (including phenoxy) is 1. The fraction of sp³-hybridized carbons (Fsp3) is 0.350. The van der Waals surface area contributed by atoms with Crippen LogP contribution >= 0.6 is 0 Å². The van der Waals surface area contributed by atoms with Gasteiger partial charge in [-0.2, -0.15) is 8.78 Å². The van der Waals surface area contributed by atoms with Gasteiger partial charge in [0, 0.05) is 32.2 Å². The Kier molecular flexibility index (Phi) is 8.00. The maximum Gasteiger partial charge on any atom is 0.387 e. The first-order valence-electron chi connectivity index (χ1n) is 8.67. The van der Waals surface area contributed by atoms with Crippen molar-refractivity contribution in [3.63, 3.8) is 0 Å². The van der Waals surface area contributed by atoms with E-state index < -0.39 is 6.61 Å². The molecule has 2 rings (SSSR count). The maximum atomic E-state index is 12.5. The molecular weight excluding hydrogens is 350 g/mol. The van der Waals surface area contributed by atoms with Crippen molar-refractivity contribution in [2.45, 2.75) is 26.2 Å². The van der Waals surface area contributed by atoms with Gasteiger partial charge in [-0.1, -0.05) is 42.5 Å². The van der Waals surface area contributed by atoms with Gasteiger partial charge in [0.15, 0.2) is 5.96 Å². The summed E-state index contributed by atoms with van der Waals surface area (Å²) >= 11 is 0. The molecule has 5 nitrogen and oxygen atoms in total. The van der Waals surface area contributed by atoms with Crippen molar-refractivity contribution in [2.75, 3.05) is 21.1 Å². The molecule has 0 amide bonds. The summed E-state index contributed by atoms with van der Waals surface area (Å²) in [6.07, 6.45) is 0. The molecule has 0 aromatic heterocycles. The van der Waals surface area contributed by atoms with Crippen LogP contribution in [0.4, 0.5) is 8.78 Å². The zero-order chi connectivity index (χ0) is 19.6. The number of nitrogens with zero attached hydrogens (tertiary/aromatic N) is 2. The lowest BCUT2D eigenvalue weighted by atomic mass is 10.1. The summed E-state index contributed by atoms with van der Waals surface area (Å²) in [6, 6.07) is 15.1. The van der Waals surface area contributed by atoms with Crippen molar-refractivity contribution in [2.24, 2.45) is 4.99 Å². The van der Waals surface area contributed by atoms with Gasteiger partial charge in [-0.05, 0) is 31.3 Å². The normalized spacial score (nSPS) is 11.7. The zero-order valence-electron chi connectivity index (χ0n) is 15.9. The topological polar surface area (TPSA) is 48.9 Å². The molecule has 0 aliphatic heterocycles. The monoisotopic (exact) mass is 376 g/mol. The minimum atomic E-state index is -2.85. The Balaban J connectivity index is 1.88. The van der Waals surface area contributed by atoms with Gasteiger partial charge in [0.2, 0.25) is 0 Å². The van der Waals surface area contributed by atoms with Gasteiger partial charge >= 0.3 is 6.61 Å². The van der Waals surface area contributed by atoms with Gasteiger partial charge < -0.3 is 20.3 Å². The van der Waals surface area contributed by atoms with Gasteiger partial charge in [0.25, 0.3) is 0 Å². The highest BCUT2D eigenvalue weighted by Gasteiger charge is 2.09. The van der Waals surface area contributed by atoms with Crippen LogP contribution in [0.2, 0.25) is 0 Å². The fourth-order valence-corrected chi connectivity index (χ4v) is 2.57. The Morgan fingerprint density at radius 1 is 1.00 bits per heavy atom. The summed E-state index contributed by atoms with van der Waals surface area (Å²) in [5.41, 5.74) is 3.01. The van der Waals surface area contributed by atoms with Crippen LogP contribution in [0.3, 0.4) is 0 Å². The third kappa shape index (κ3) is 7.22. The summed E-state index contributed by atoms with van der Waals surface area (Å²) in [6.45, 7) is -1.02. The second-order valence-electron chi connectivity index (χ2n) is 6.32.